The van der Waals surface area contributed by atoms with Crippen molar-refractivity contribution in [2.45, 2.75) is 11.8 Å². The molecule has 2 amide bonds. The molecule has 0 radical (unpaired) electrons. The number of carbonyl (C=O) groups is 2. The maximum absolute atomic E-state index is 12.1. The van der Waals surface area contributed by atoms with Gasteiger partial charge in [0.1, 0.15) is 0 Å². The molecule has 0 fully saturated rings. The maximum atomic E-state index is 12.1. The van der Waals surface area contributed by atoms with Crippen molar-refractivity contribution in [1.29, 1.82) is 0 Å². The second kappa shape index (κ2) is 10.4. The Balaban J connectivity index is 1.80. The summed E-state index contributed by atoms with van der Waals surface area (Å²) < 4.78 is 25.0. The molecule has 0 heterocycles. The first-order chi connectivity index (χ1) is 13.7. The maximum Gasteiger partial charge on any atom is 0.264 e. The van der Waals surface area contributed by atoms with Crippen LogP contribution in [0.15, 0.2) is 53.4 Å². The molecule has 29 heavy (non-hydrogen) atoms. The largest absolute Gasteiger partial charge is 0.325 e. The van der Waals surface area contributed by atoms with Crippen LogP contribution in [0.3, 0.4) is 0 Å². The number of thioether (sulfide) groups is 1. The number of sulfonamides is 1. The lowest BCUT2D eigenvalue weighted by molar-refractivity contribution is -0.114. The lowest BCUT2D eigenvalue weighted by Gasteiger charge is -2.14. The van der Waals surface area contributed by atoms with Crippen LogP contribution in [0.25, 0.3) is 0 Å². The van der Waals surface area contributed by atoms with E-state index in [0.717, 1.165) is 10.0 Å². The summed E-state index contributed by atoms with van der Waals surface area (Å²) in [6, 6.07) is 13.2. The van der Waals surface area contributed by atoms with E-state index in [1.165, 1.54) is 50.2 Å². The molecule has 0 bridgehead atoms. The Kier molecular flexibility index (Phi) is 8.21. The fraction of sp³-hybridized carbons (Fsp3) is 0.263. The highest BCUT2D eigenvalue weighted by molar-refractivity contribution is 8.00. The lowest BCUT2D eigenvalue weighted by atomic mass is 10.2. The summed E-state index contributed by atoms with van der Waals surface area (Å²) in [5.41, 5.74) is 2.22. The van der Waals surface area contributed by atoms with Gasteiger partial charge in [0.15, 0.2) is 0 Å². The van der Waals surface area contributed by atoms with Gasteiger partial charge in [-0.05, 0) is 48.9 Å². The van der Waals surface area contributed by atoms with Crippen molar-refractivity contribution < 1.29 is 22.8 Å². The van der Waals surface area contributed by atoms with Crippen LogP contribution < -0.4 is 10.6 Å². The van der Waals surface area contributed by atoms with Gasteiger partial charge in [0, 0.05) is 18.4 Å². The third-order valence-electron chi connectivity index (χ3n) is 3.80. The first-order valence-electron chi connectivity index (χ1n) is 8.59. The summed E-state index contributed by atoms with van der Waals surface area (Å²) in [5, 5.41) is 5.44. The van der Waals surface area contributed by atoms with Crippen molar-refractivity contribution >= 4 is 45.0 Å². The summed E-state index contributed by atoms with van der Waals surface area (Å²) >= 11 is 1.18. The third kappa shape index (κ3) is 6.86. The van der Waals surface area contributed by atoms with E-state index in [-0.39, 0.29) is 28.2 Å². The number of amides is 2. The van der Waals surface area contributed by atoms with E-state index in [2.05, 4.69) is 10.6 Å². The number of carbonyl (C=O) groups excluding carboxylic acids is 2. The monoisotopic (exact) mass is 437 g/mol. The summed E-state index contributed by atoms with van der Waals surface area (Å²) in [5.74, 6) is -0.247. The number of hydrogen-bond donors (Lipinski definition) is 2. The molecule has 0 aromatic heterocycles. The van der Waals surface area contributed by atoms with Crippen LogP contribution in [0.2, 0.25) is 0 Å². The molecule has 10 heteroatoms. The minimum atomic E-state index is -3.74. The number of nitrogens with one attached hydrogen (secondary N) is 2. The average Bonchev–Trinajstić information content (AvgIpc) is 2.67. The molecule has 2 N–H and O–H groups in total. The molecule has 2 aromatic carbocycles. The Labute approximate surface area is 174 Å². The van der Waals surface area contributed by atoms with Crippen LogP contribution in [0.1, 0.15) is 5.56 Å². The second-order valence-corrected chi connectivity index (χ2v) is 9.00. The number of rotatable bonds is 9. The Morgan fingerprint density at radius 3 is 2.14 bits per heavy atom. The molecule has 2 rings (SSSR count). The van der Waals surface area contributed by atoms with E-state index < -0.39 is 10.0 Å². The standard InChI is InChI=1S/C19H23N3O5S2/c1-14-5-4-6-16(11-14)21-19(24)13-28-12-18(23)20-15-7-9-17(10-8-15)29(25,26)22(2)27-3/h4-11H,12-13H2,1-3H3,(H,20,23)(H,21,24). The van der Waals surface area contributed by atoms with Crippen LogP contribution in [-0.4, -0.2) is 50.4 Å². The van der Waals surface area contributed by atoms with Gasteiger partial charge in [-0.3, -0.25) is 14.4 Å². The molecule has 2 aromatic rings. The van der Waals surface area contributed by atoms with Gasteiger partial charge in [0.25, 0.3) is 10.0 Å². The van der Waals surface area contributed by atoms with Gasteiger partial charge in [-0.25, -0.2) is 8.42 Å². The molecule has 0 aliphatic heterocycles. The number of hydrogen-bond acceptors (Lipinski definition) is 6. The Morgan fingerprint density at radius 2 is 1.59 bits per heavy atom. The Morgan fingerprint density at radius 1 is 1.00 bits per heavy atom. The van der Waals surface area contributed by atoms with E-state index in [0.29, 0.717) is 11.4 Å². The molecule has 0 spiro atoms. The lowest BCUT2D eigenvalue weighted by Crippen LogP contribution is -2.25. The molecular weight excluding hydrogens is 414 g/mol. The summed E-state index contributed by atoms with van der Waals surface area (Å²) in [7, 11) is -1.19. The highest BCUT2D eigenvalue weighted by Gasteiger charge is 2.20. The highest BCUT2D eigenvalue weighted by Crippen LogP contribution is 2.18. The first-order valence-corrected chi connectivity index (χ1v) is 11.2. The molecule has 0 unspecified atom stereocenters. The van der Waals surface area contributed by atoms with Crippen molar-refractivity contribution in [2.24, 2.45) is 0 Å². The molecular formula is C19H23N3O5S2. The zero-order chi connectivity index (χ0) is 21.4. The minimum absolute atomic E-state index is 0.0436. The van der Waals surface area contributed by atoms with E-state index in [4.69, 9.17) is 4.84 Å². The molecule has 0 saturated carbocycles. The van der Waals surface area contributed by atoms with E-state index in [9.17, 15) is 18.0 Å². The predicted molar refractivity (Wildman–Crippen MR) is 114 cm³/mol. The van der Waals surface area contributed by atoms with Gasteiger partial charge >= 0.3 is 0 Å². The van der Waals surface area contributed by atoms with Gasteiger partial charge < -0.3 is 10.6 Å². The summed E-state index contributed by atoms with van der Waals surface area (Å²) in [6.07, 6.45) is 0. The van der Waals surface area contributed by atoms with Gasteiger partial charge in [-0.2, -0.15) is 0 Å². The smallest absolute Gasteiger partial charge is 0.264 e. The second-order valence-electron chi connectivity index (χ2n) is 6.08. The zero-order valence-electron chi connectivity index (χ0n) is 16.3. The molecule has 0 aliphatic rings. The topological polar surface area (TPSA) is 105 Å². The number of hydroxylamine groups is 1. The average molecular weight is 438 g/mol. The third-order valence-corrected chi connectivity index (χ3v) is 6.43. The first kappa shape index (κ1) is 22.9. The van der Waals surface area contributed by atoms with Crippen molar-refractivity contribution in [3.63, 3.8) is 0 Å². The van der Waals surface area contributed by atoms with Crippen molar-refractivity contribution in [3.8, 4) is 0 Å². The summed E-state index contributed by atoms with van der Waals surface area (Å²) in [6.45, 7) is 1.94. The fourth-order valence-corrected chi connectivity index (χ4v) is 3.90. The summed E-state index contributed by atoms with van der Waals surface area (Å²) in [4.78, 5) is 28.7. The zero-order valence-corrected chi connectivity index (χ0v) is 18.0. The molecule has 0 aliphatic carbocycles. The number of benzene rings is 2. The highest BCUT2D eigenvalue weighted by atomic mass is 32.2. The molecule has 8 nitrogen and oxygen atoms in total. The quantitative estimate of drug-likeness (QED) is 0.584. The fourth-order valence-electron chi connectivity index (χ4n) is 2.31. The van der Waals surface area contributed by atoms with E-state index in [1.807, 2.05) is 25.1 Å². The van der Waals surface area contributed by atoms with E-state index >= 15 is 0 Å². The minimum Gasteiger partial charge on any atom is -0.325 e. The molecule has 156 valence electrons. The number of aryl methyl sites for hydroxylation is 1. The Bertz CT molecular complexity index is 962. The normalized spacial score (nSPS) is 11.3. The van der Waals surface area contributed by atoms with Crippen LogP contribution in [-0.2, 0) is 24.4 Å². The van der Waals surface area contributed by atoms with Gasteiger partial charge in [-0.1, -0.05) is 16.6 Å². The van der Waals surface area contributed by atoms with Gasteiger partial charge in [-0.15, -0.1) is 11.8 Å². The SMILES string of the molecule is CON(C)S(=O)(=O)c1ccc(NC(=O)CSCC(=O)Nc2cccc(C)c2)cc1. The number of anilines is 2. The van der Waals surface area contributed by atoms with Crippen LogP contribution >= 0.6 is 11.8 Å². The molecule has 0 atom stereocenters. The van der Waals surface area contributed by atoms with Crippen LogP contribution in [0.4, 0.5) is 11.4 Å². The van der Waals surface area contributed by atoms with E-state index in [1.54, 1.807) is 6.07 Å². The van der Waals surface area contributed by atoms with Gasteiger partial charge in [0.05, 0.1) is 23.5 Å². The van der Waals surface area contributed by atoms with Crippen LogP contribution in [0.5, 0.6) is 0 Å². The van der Waals surface area contributed by atoms with Crippen molar-refractivity contribution in [1.82, 2.24) is 4.47 Å². The molecule has 0 saturated heterocycles. The number of nitrogens with zero attached hydrogens (tertiary/aromatic N) is 1. The van der Waals surface area contributed by atoms with Crippen LogP contribution in [0, 0.1) is 6.92 Å². The van der Waals surface area contributed by atoms with Crippen molar-refractivity contribution in [2.75, 3.05) is 36.3 Å². The Hall–Kier alpha value is -2.40. The predicted octanol–water partition coefficient (Wildman–Crippen LogP) is 2.49. The van der Waals surface area contributed by atoms with Crippen molar-refractivity contribution in [3.05, 3.63) is 54.1 Å². The van der Waals surface area contributed by atoms with Gasteiger partial charge in [0.2, 0.25) is 11.8 Å².